The molecular formula is C13H12O6. The molecule has 0 spiro atoms. The van der Waals surface area contributed by atoms with Crippen molar-refractivity contribution in [2.75, 3.05) is 0 Å². The van der Waals surface area contributed by atoms with Crippen LogP contribution in [0.4, 0.5) is 0 Å². The first-order chi connectivity index (χ1) is 8.91. The van der Waals surface area contributed by atoms with E-state index < -0.39 is 28.9 Å². The molecule has 1 aromatic rings. The van der Waals surface area contributed by atoms with Gasteiger partial charge in [0.15, 0.2) is 23.0 Å². The Labute approximate surface area is 108 Å². The Morgan fingerprint density at radius 3 is 2.37 bits per heavy atom. The van der Waals surface area contributed by atoms with E-state index >= 15 is 0 Å². The largest absolute Gasteiger partial charge is 0.508 e. The maximum atomic E-state index is 12.1. The molecular weight excluding hydrogens is 252 g/mol. The molecule has 5 N–H and O–H groups in total. The molecule has 0 heterocycles. The minimum Gasteiger partial charge on any atom is -0.508 e. The Balaban J connectivity index is 2.32. The predicted molar refractivity (Wildman–Crippen MR) is 65.3 cm³/mol. The van der Waals surface area contributed by atoms with Gasteiger partial charge in [0, 0.05) is 12.3 Å². The van der Waals surface area contributed by atoms with Crippen LogP contribution in [0.15, 0.2) is 35.8 Å². The van der Waals surface area contributed by atoms with Gasteiger partial charge in [-0.15, -0.1) is 0 Å². The van der Waals surface area contributed by atoms with Gasteiger partial charge in [-0.3, -0.25) is 4.79 Å². The maximum Gasteiger partial charge on any atom is 0.201 e. The van der Waals surface area contributed by atoms with Crippen molar-refractivity contribution in [3.05, 3.63) is 41.4 Å². The first kappa shape index (κ1) is 12.8. The number of aliphatic hydroxyl groups is 2. The molecule has 0 aromatic heterocycles. The van der Waals surface area contributed by atoms with Gasteiger partial charge in [0.05, 0.1) is 5.56 Å². The first-order valence-corrected chi connectivity index (χ1v) is 5.49. The first-order valence-electron chi connectivity index (χ1n) is 5.49. The summed E-state index contributed by atoms with van der Waals surface area (Å²) in [4.78, 5) is 12.1. The van der Waals surface area contributed by atoms with Crippen molar-refractivity contribution in [3.8, 4) is 17.2 Å². The molecule has 1 aliphatic carbocycles. The van der Waals surface area contributed by atoms with Gasteiger partial charge in [-0.1, -0.05) is 6.08 Å². The molecule has 0 aliphatic heterocycles. The number of carbonyl (C=O) groups excluding carboxylic acids is 1. The number of benzene rings is 1. The van der Waals surface area contributed by atoms with Gasteiger partial charge in [-0.2, -0.15) is 0 Å². The SMILES string of the molecule is O=C(c1ccc(O)c(O)c1O)C1C=CC(O)=C(O)C1. The molecule has 1 atom stereocenters. The molecule has 1 aliphatic rings. The maximum absolute atomic E-state index is 12.1. The number of aliphatic hydroxyl groups excluding tert-OH is 2. The summed E-state index contributed by atoms with van der Waals surface area (Å²) >= 11 is 0. The van der Waals surface area contributed by atoms with Crippen molar-refractivity contribution in [3.63, 3.8) is 0 Å². The molecule has 0 fully saturated rings. The summed E-state index contributed by atoms with van der Waals surface area (Å²) in [6.07, 6.45) is 2.49. The van der Waals surface area contributed by atoms with Crippen molar-refractivity contribution in [1.82, 2.24) is 0 Å². The van der Waals surface area contributed by atoms with E-state index in [-0.39, 0.29) is 23.5 Å². The highest BCUT2D eigenvalue weighted by molar-refractivity contribution is 6.02. The number of aromatic hydroxyl groups is 3. The number of rotatable bonds is 2. The van der Waals surface area contributed by atoms with Gasteiger partial charge in [0.2, 0.25) is 5.75 Å². The third-order valence-electron chi connectivity index (χ3n) is 2.93. The fraction of sp³-hybridized carbons (Fsp3) is 0.154. The molecule has 0 amide bonds. The van der Waals surface area contributed by atoms with Crippen LogP contribution in [0.3, 0.4) is 0 Å². The van der Waals surface area contributed by atoms with Crippen LogP contribution in [-0.2, 0) is 0 Å². The standard InChI is InChI=1S/C13H12O6/c14-8-3-1-6(5-10(8)16)11(17)7-2-4-9(15)13(19)12(7)18/h1-4,6,14-16,18-19H,5H2. The summed E-state index contributed by atoms with van der Waals surface area (Å²) in [5.74, 6) is -3.93. The Bertz CT molecular complexity index is 599. The number of hydrogen-bond acceptors (Lipinski definition) is 6. The van der Waals surface area contributed by atoms with Crippen molar-refractivity contribution in [2.45, 2.75) is 6.42 Å². The highest BCUT2D eigenvalue weighted by atomic mass is 16.3. The van der Waals surface area contributed by atoms with E-state index in [9.17, 15) is 30.3 Å². The van der Waals surface area contributed by atoms with Crippen molar-refractivity contribution in [2.24, 2.45) is 5.92 Å². The Kier molecular flexibility index (Phi) is 3.08. The number of allylic oxidation sites excluding steroid dienone is 3. The summed E-state index contributed by atoms with van der Waals surface area (Å²) in [7, 11) is 0. The van der Waals surface area contributed by atoms with Crippen molar-refractivity contribution < 1.29 is 30.3 Å². The van der Waals surface area contributed by atoms with Gasteiger partial charge in [-0.05, 0) is 18.2 Å². The van der Waals surface area contributed by atoms with E-state index in [0.29, 0.717) is 0 Å². The minimum atomic E-state index is -0.770. The molecule has 6 heteroatoms. The Morgan fingerprint density at radius 1 is 1.05 bits per heavy atom. The molecule has 100 valence electrons. The highest BCUT2D eigenvalue weighted by Crippen LogP contribution is 2.38. The van der Waals surface area contributed by atoms with Crippen LogP contribution in [0.1, 0.15) is 16.8 Å². The third kappa shape index (κ3) is 2.20. The lowest BCUT2D eigenvalue weighted by Gasteiger charge is -2.16. The van der Waals surface area contributed by atoms with Crippen LogP contribution in [0.25, 0.3) is 0 Å². The number of hydrogen-bond donors (Lipinski definition) is 5. The molecule has 2 rings (SSSR count). The van der Waals surface area contributed by atoms with Crippen molar-refractivity contribution in [1.29, 1.82) is 0 Å². The average molecular weight is 264 g/mol. The second-order valence-corrected chi connectivity index (χ2v) is 4.20. The molecule has 6 nitrogen and oxygen atoms in total. The molecule has 0 radical (unpaired) electrons. The van der Waals surface area contributed by atoms with E-state index in [0.717, 1.165) is 6.07 Å². The van der Waals surface area contributed by atoms with E-state index in [1.165, 1.54) is 18.2 Å². The fourth-order valence-electron chi connectivity index (χ4n) is 1.83. The summed E-state index contributed by atoms with van der Waals surface area (Å²) in [6.45, 7) is 0. The molecule has 1 unspecified atom stereocenters. The summed E-state index contributed by atoms with van der Waals surface area (Å²) < 4.78 is 0. The lowest BCUT2D eigenvalue weighted by Crippen LogP contribution is -2.16. The van der Waals surface area contributed by atoms with Gasteiger partial charge < -0.3 is 25.5 Å². The zero-order valence-corrected chi connectivity index (χ0v) is 9.74. The number of phenolic OH excluding ortho intramolecular Hbond substituents is 3. The van der Waals surface area contributed by atoms with E-state index in [4.69, 9.17) is 0 Å². The Morgan fingerprint density at radius 2 is 1.74 bits per heavy atom. The van der Waals surface area contributed by atoms with Crippen LogP contribution in [0.2, 0.25) is 0 Å². The van der Waals surface area contributed by atoms with Crippen LogP contribution < -0.4 is 0 Å². The van der Waals surface area contributed by atoms with Crippen LogP contribution in [0, 0.1) is 5.92 Å². The molecule has 0 saturated heterocycles. The zero-order chi connectivity index (χ0) is 14.2. The van der Waals surface area contributed by atoms with Gasteiger partial charge in [0.1, 0.15) is 5.76 Å². The quantitative estimate of drug-likeness (QED) is 0.411. The smallest absolute Gasteiger partial charge is 0.201 e. The topological polar surface area (TPSA) is 118 Å². The number of phenols is 3. The van der Waals surface area contributed by atoms with E-state index in [1.54, 1.807) is 0 Å². The van der Waals surface area contributed by atoms with E-state index in [1.807, 2.05) is 0 Å². The molecule has 19 heavy (non-hydrogen) atoms. The van der Waals surface area contributed by atoms with Crippen LogP contribution in [-0.4, -0.2) is 31.3 Å². The van der Waals surface area contributed by atoms with Crippen LogP contribution in [0.5, 0.6) is 17.2 Å². The molecule has 0 bridgehead atoms. The second kappa shape index (κ2) is 4.56. The van der Waals surface area contributed by atoms with E-state index in [2.05, 4.69) is 0 Å². The third-order valence-corrected chi connectivity index (χ3v) is 2.93. The van der Waals surface area contributed by atoms with Gasteiger partial charge >= 0.3 is 0 Å². The fourth-order valence-corrected chi connectivity index (χ4v) is 1.83. The molecule has 1 aromatic carbocycles. The lowest BCUT2D eigenvalue weighted by atomic mass is 9.90. The van der Waals surface area contributed by atoms with Crippen LogP contribution >= 0.6 is 0 Å². The van der Waals surface area contributed by atoms with Crippen molar-refractivity contribution >= 4 is 5.78 Å². The van der Waals surface area contributed by atoms with Gasteiger partial charge in [-0.25, -0.2) is 0 Å². The minimum absolute atomic E-state index is 0.0950. The highest BCUT2D eigenvalue weighted by Gasteiger charge is 2.26. The number of ketones is 1. The molecule has 0 saturated carbocycles. The lowest BCUT2D eigenvalue weighted by molar-refractivity contribution is 0.0931. The summed E-state index contributed by atoms with van der Waals surface area (Å²) in [5, 5.41) is 46.7. The predicted octanol–water partition coefficient (Wildman–Crippen LogP) is 1.89. The monoisotopic (exact) mass is 264 g/mol. The zero-order valence-electron chi connectivity index (χ0n) is 9.74. The summed E-state index contributed by atoms with van der Waals surface area (Å²) in [6, 6.07) is 2.26. The normalized spacial score (nSPS) is 18.6. The van der Waals surface area contributed by atoms with Gasteiger partial charge in [0.25, 0.3) is 0 Å². The number of Topliss-reactive ketones (excluding diaryl/α,β-unsaturated/α-hetero) is 1. The second-order valence-electron chi connectivity index (χ2n) is 4.20. The summed E-state index contributed by atoms with van der Waals surface area (Å²) in [5.41, 5.74) is -0.167. The number of carbonyl (C=O) groups is 1. The Hall–Kier alpha value is -2.63. The average Bonchev–Trinajstić information content (AvgIpc) is 2.39.